The van der Waals surface area contributed by atoms with E-state index in [1.807, 2.05) is 13.8 Å². The number of aliphatic hydroxyl groups excluding tert-OH is 1. The first-order chi connectivity index (χ1) is 9.45. The number of benzene rings is 1. The molecule has 0 spiro atoms. The average molecular weight is 304 g/mol. The van der Waals surface area contributed by atoms with Crippen molar-refractivity contribution in [1.29, 1.82) is 0 Å². The second-order valence-electron chi connectivity index (χ2n) is 4.77. The van der Waals surface area contributed by atoms with Crippen LogP contribution >= 0.6 is 11.6 Å². The number of hydrogen-bond donors (Lipinski definition) is 1. The van der Waals surface area contributed by atoms with E-state index >= 15 is 0 Å². The first-order valence-corrected chi connectivity index (χ1v) is 6.77. The number of carbonyl (C=O) groups excluding carboxylic acids is 1. The largest absolute Gasteiger partial charge is 0.394 e. The van der Waals surface area contributed by atoms with Crippen LogP contribution in [0.1, 0.15) is 13.8 Å². The van der Waals surface area contributed by atoms with Crippen molar-refractivity contribution in [3.05, 3.63) is 29.0 Å². The van der Waals surface area contributed by atoms with Gasteiger partial charge in [0.05, 0.1) is 23.9 Å². The van der Waals surface area contributed by atoms with Crippen molar-refractivity contribution in [3.63, 3.8) is 0 Å². The Hall–Kier alpha value is -1.17. The highest BCUT2D eigenvalue weighted by molar-refractivity contribution is 6.33. The van der Waals surface area contributed by atoms with Crippen LogP contribution in [-0.4, -0.2) is 37.4 Å². The van der Waals surface area contributed by atoms with Crippen molar-refractivity contribution in [2.24, 2.45) is 5.92 Å². The van der Waals surface area contributed by atoms with Crippen molar-refractivity contribution >= 4 is 23.2 Å². The molecule has 0 aromatic heterocycles. The van der Waals surface area contributed by atoms with E-state index in [1.54, 1.807) is 0 Å². The number of carbonyl (C=O) groups is 1. The van der Waals surface area contributed by atoms with Gasteiger partial charge in [-0.15, -0.1) is 0 Å². The van der Waals surface area contributed by atoms with Crippen LogP contribution in [0.3, 0.4) is 0 Å². The summed E-state index contributed by atoms with van der Waals surface area (Å²) in [5, 5.41) is 8.82. The maximum absolute atomic E-state index is 13.1. The molecule has 20 heavy (non-hydrogen) atoms. The summed E-state index contributed by atoms with van der Waals surface area (Å²) in [5.74, 6) is -0.509. The standard InChI is InChI=1S/C14H19ClFNO3/c1-10(2)8-17(14(19)9-20-6-5-18)13-4-3-11(16)7-12(13)15/h3-4,7,10,18H,5-6,8-9H2,1-2H3. The number of nitrogens with zero attached hydrogens (tertiary/aromatic N) is 1. The van der Waals surface area contributed by atoms with Gasteiger partial charge in [-0.2, -0.15) is 0 Å². The van der Waals surface area contributed by atoms with E-state index in [0.717, 1.165) is 0 Å². The number of amides is 1. The predicted molar refractivity (Wildman–Crippen MR) is 76.5 cm³/mol. The normalized spacial score (nSPS) is 10.9. The Bertz CT molecular complexity index is 454. The lowest BCUT2D eigenvalue weighted by Crippen LogP contribution is -2.37. The molecular weight excluding hydrogens is 285 g/mol. The third-order valence-electron chi connectivity index (χ3n) is 2.51. The minimum absolute atomic E-state index is 0.0956. The second-order valence-corrected chi connectivity index (χ2v) is 5.18. The maximum Gasteiger partial charge on any atom is 0.253 e. The number of rotatable bonds is 7. The lowest BCUT2D eigenvalue weighted by atomic mass is 10.2. The smallest absolute Gasteiger partial charge is 0.253 e. The van der Waals surface area contributed by atoms with Crippen LogP contribution in [0, 0.1) is 11.7 Å². The third-order valence-corrected chi connectivity index (χ3v) is 2.81. The molecule has 6 heteroatoms. The number of aliphatic hydroxyl groups is 1. The first-order valence-electron chi connectivity index (χ1n) is 6.39. The molecule has 0 radical (unpaired) electrons. The maximum atomic E-state index is 13.1. The van der Waals surface area contributed by atoms with Crippen molar-refractivity contribution < 1.29 is 19.0 Å². The average Bonchev–Trinajstić information content (AvgIpc) is 2.36. The second kappa shape index (κ2) is 8.19. The van der Waals surface area contributed by atoms with Gasteiger partial charge in [0.15, 0.2) is 0 Å². The predicted octanol–water partition coefficient (Wildman–Crippen LogP) is 2.48. The molecule has 4 nitrogen and oxygen atoms in total. The Morgan fingerprint density at radius 3 is 2.75 bits per heavy atom. The molecule has 0 aliphatic heterocycles. The molecule has 1 N–H and O–H groups in total. The molecule has 0 atom stereocenters. The van der Waals surface area contributed by atoms with Gasteiger partial charge in [0, 0.05) is 6.54 Å². The zero-order chi connectivity index (χ0) is 15.1. The molecule has 0 bridgehead atoms. The van der Waals surface area contributed by atoms with Gasteiger partial charge >= 0.3 is 0 Å². The Kier molecular flexibility index (Phi) is 6.91. The molecular formula is C14H19ClFNO3. The van der Waals surface area contributed by atoms with Gasteiger partial charge in [0.25, 0.3) is 5.91 Å². The van der Waals surface area contributed by atoms with E-state index in [4.69, 9.17) is 21.4 Å². The van der Waals surface area contributed by atoms with E-state index in [1.165, 1.54) is 23.1 Å². The molecule has 112 valence electrons. The molecule has 0 aliphatic carbocycles. The molecule has 0 fully saturated rings. The van der Waals surface area contributed by atoms with Crippen LogP contribution < -0.4 is 4.90 Å². The summed E-state index contributed by atoms with van der Waals surface area (Å²) in [7, 11) is 0. The number of halogens is 2. The molecule has 1 amide bonds. The summed E-state index contributed by atoms with van der Waals surface area (Å²) in [6, 6.07) is 3.91. The lowest BCUT2D eigenvalue weighted by molar-refractivity contribution is -0.123. The SMILES string of the molecule is CC(C)CN(C(=O)COCCO)c1ccc(F)cc1Cl. The fraction of sp³-hybridized carbons (Fsp3) is 0.500. The van der Waals surface area contributed by atoms with Gasteiger partial charge < -0.3 is 14.7 Å². The summed E-state index contributed by atoms with van der Waals surface area (Å²) in [5.41, 5.74) is 0.458. The summed E-state index contributed by atoms with van der Waals surface area (Å²) in [6.45, 7) is 4.18. The van der Waals surface area contributed by atoms with Crippen LogP contribution in [0.15, 0.2) is 18.2 Å². The highest BCUT2D eigenvalue weighted by Crippen LogP contribution is 2.27. The quantitative estimate of drug-likeness (QED) is 0.787. The van der Waals surface area contributed by atoms with Crippen LogP contribution in [0.25, 0.3) is 0 Å². The van der Waals surface area contributed by atoms with Gasteiger partial charge in [-0.05, 0) is 24.1 Å². The topological polar surface area (TPSA) is 49.8 Å². The first kappa shape index (κ1) is 16.9. The highest BCUT2D eigenvalue weighted by atomic mass is 35.5. The van der Waals surface area contributed by atoms with E-state index in [2.05, 4.69) is 0 Å². The van der Waals surface area contributed by atoms with Crippen molar-refractivity contribution in [1.82, 2.24) is 0 Å². The van der Waals surface area contributed by atoms with Gasteiger partial charge in [0.1, 0.15) is 12.4 Å². The van der Waals surface area contributed by atoms with Crippen molar-refractivity contribution in [3.8, 4) is 0 Å². The molecule has 1 aromatic carbocycles. The fourth-order valence-electron chi connectivity index (χ4n) is 1.70. The minimum atomic E-state index is -0.452. The molecule has 0 aliphatic rings. The monoisotopic (exact) mass is 303 g/mol. The summed E-state index contributed by atoms with van der Waals surface area (Å²) < 4.78 is 18.1. The summed E-state index contributed by atoms with van der Waals surface area (Å²) in [6.07, 6.45) is 0. The number of hydrogen-bond acceptors (Lipinski definition) is 3. The fourth-order valence-corrected chi connectivity index (χ4v) is 1.97. The summed E-state index contributed by atoms with van der Waals surface area (Å²) in [4.78, 5) is 13.6. The molecule has 1 rings (SSSR count). The van der Waals surface area contributed by atoms with Crippen LogP contribution in [0.4, 0.5) is 10.1 Å². The van der Waals surface area contributed by atoms with Gasteiger partial charge in [0.2, 0.25) is 0 Å². The van der Waals surface area contributed by atoms with E-state index in [9.17, 15) is 9.18 Å². The minimum Gasteiger partial charge on any atom is -0.394 e. The zero-order valence-corrected chi connectivity index (χ0v) is 12.4. The van der Waals surface area contributed by atoms with Crippen LogP contribution in [0.5, 0.6) is 0 Å². The van der Waals surface area contributed by atoms with Crippen molar-refractivity contribution in [2.45, 2.75) is 13.8 Å². The van der Waals surface area contributed by atoms with Gasteiger partial charge in [-0.1, -0.05) is 25.4 Å². The zero-order valence-electron chi connectivity index (χ0n) is 11.6. The van der Waals surface area contributed by atoms with E-state index in [0.29, 0.717) is 12.2 Å². The highest BCUT2D eigenvalue weighted by Gasteiger charge is 2.19. The van der Waals surface area contributed by atoms with Crippen molar-refractivity contribution in [2.75, 3.05) is 31.3 Å². The summed E-state index contributed by atoms with van der Waals surface area (Å²) >= 11 is 6.00. The Balaban J connectivity index is 2.90. The molecule has 0 heterocycles. The Morgan fingerprint density at radius 2 is 2.20 bits per heavy atom. The van der Waals surface area contributed by atoms with E-state index in [-0.39, 0.29) is 36.7 Å². The molecule has 0 saturated heterocycles. The number of anilines is 1. The van der Waals surface area contributed by atoms with Crippen LogP contribution in [-0.2, 0) is 9.53 Å². The number of ether oxygens (including phenoxy) is 1. The lowest BCUT2D eigenvalue weighted by Gasteiger charge is -2.25. The van der Waals surface area contributed by atoms with E-state index < -0.39 is 5.82 Å². The molecule has 1 aromatic rings. The van der Waals surface area contributed by atoms with Crippen LogP contribution in [0.2, 0.25) is 5.02 Å². The van der Waals surface area contributed by atoms with Gasteiger partial charge in [-0.25, -0.2) is 4.39 Å². The molecule has 0 unspecified atom stereocenters. The molecule has 0 saturated carbocycles. The third kappa shape index (κ3) is 5.07. The Labute approximate surface area is 123 Å². The van der Waals surface area contributed by atoms with Gasteiger partial charge in [-0.3, -0.25) is 4.79 Å². The Morgan fingerprint density at radius 1 is 1.50 bits per heavy atom.